The van der Waals surface area contributed by atoms with Crippen LogP contribution in [-0.2, 0) is 38.1 Å². The van der Waals surface area contributed by atoms with Crippen LogP contribution in [0.1, 0.15) is 12.8 Å². The number of carbonyl (C=O) groups is 6. The predicted octanol–water partition coefficient (Wildman–Crippen LogP) is -0.612. The third-order valence-electron chi connectivity index (χ3n) is 4.85. The fraction of sp³-hybridized carbons (Fsp3) is 0.667. The largest absolute Gasteiger partial charge is 0.462 e. The standard InChI is InChI=1S/C18H24N2O10/c1-27-17(25)19-5-3-11(13(21)9-19)15(23)29-7-8-30-16(24)12-4-6-20(10-14(12)22)18(26)28-2/h11-12H,3-10H2,1-2H3. The van der Waals surface area contributed by atoms with Crippen LogP contribution in [0, 0.1) is 11.8 Å². The summed E-state index contributed by atoms with van der Waals surface area (Å²) < 4.78 is 19.0. The second kappa shape index (κ2) is 10.6. The first-order valence-electron chi connectivity index (χ1n) is 9.33. The summed E-state index contributed by atoms with van der Waals surface area (Å²) in [6.45, 7) is -0.671. The molecule has 2 fully saturated rings. The summed E-state index contributed by atoms with van der Waals surface area (Å²) >= 11 is 0. The van der Waals surface area contributed by atoms with Crippen molar-refractivity contribution in [1.82, 2.24) is 9.80 Å². The molecule has 2 amide bonds. The first-order valence-corrected chi connectivity index (χ1v) is 9.33. The minimum Gasteiger partial charge on any atom is -0.462 e. The van der Waals surface area contributed by atoms with Gasteiger partial charge in [0.05, 0.1) is 27.3 Å². The van der Waals surface area contributed by atoms with Crippen molar-refractivity contribution in [2.75, 3.05) is 53.6 Å². The van der Waals surface area contributed by atoms with Crippen LogP contribution in [0.25, 0.3) is 0 Å². The molecule has 0 saturated carbocycles. The molecule has 2 saturated heterocycles. The van der Waals surface area contributed by atoms with E-state index in [2.05, 4.69) is 9.47 Å². The van der Waals surface area contributed by atoms with Crippen molar-refractivity contribution < 1.29 is 47.7 Å². The molecule has 0 aromatic heterocycles. The number of ketones is 2. The summed E-state index contributed by atoms with van der Waals surface area (Å²) in [5.41, 5.74) is 0. The lowest BCUT2D eigenvalue weighted by Crippen LogP contribution is -2.47. The normalized spacial score (nSPS) is 21.7. The van der Waals surface area contributed by atoms with E-state index in [4.69, 9.17) is 9.47 Å². The Morgan fingerprint density at radius 3 is 1.43 bits per heavy atom. The van der Waals surface area contributed by atoms with Crippen molar-refractivity contribution in [3.8, 4) is 0 Å². The molecule has 0 N–H and O–H groups in total. The van der Waals surface area contributed by atoms with Crippen molar-refractivity contribution in [3.05, 3.63) is 0 Å². The highest BCUT2D eigenvalue weighted by molar-refractivity contribution is 6.02. The smallest absolute Gasteiger partial charge is 0.409 e. The van der Waals surface area contributed by atoms with Gasteiger partial charge in [0.15, 0.2) is 11.6 Å². The maximum Gasteiger partial charge on any atom is 0.409 e. The molecule has 2 rings (SSSR count). The molecule has 0 aromatic rings. The lowest BCUT2D eigenvalue weighted by atomic mass is 9.96. The third kappa shape index (κ3) is 5.67. The van der Waals surface area contributed by atoms with Gasteiger partial charge in [-0.25, -0.2) is 9.59 Å². The average molecular weight is 428 g/mol. The van der Waals surface area contributed by atoms with Crippen LogP contribution in [0.2, 0.25) is 0 Å². The molecule has 2 unspecified atom stereocenters. The number of hydrogen-bond acceptors (Lipinski definition) is 10. The Kier molecular flexibility index (Phi) is 8.13. The van der Waals surface area contributed by atoms with E-state index in [1.807, 2.05) is 0 Å². The van der Waals surface area contributed by atoms with Gasteiger partial charge in [-0.1, -0.05) is 0 Å². The van der Waals surface area contributed by atoms with Crippen molar-refractivity contribution >= 4 is 35.7 Å². The van der Waals surface area contributed by atoms with Gasteiger partial charge in [0, 0.05) is 13.1 Å². The van der Waals surface area contributed by atoms with Crippen molar-refractivity contribution in [3.63, 3.8) is 0 Å². The number of likely N-dealkylation sites (tertiary alicyclic amines) is 2. The fourth-order valence-corrected chi connectivity index (χ4v) is 3.20. The number of Topliss-reactive ketones (excluding diaryl/α,β-unsaturated/α-hetero) is 2. The van der Waals surface area contributed by atoms with E-state index in [1.54, 1.807) is 0 Å². The molecule has 12 nitrogen and oxygen atoms in total. The molecule has 2 aliphatic heterocycles. The third-order valence-corrected chi connectivity index (χ3v) is 4.85. The minimum absolute atomic E-state index is 0.111. The summed E-state index contributed by atoms with van der Waals surface area (Å²) in [5, 5.41) is 0. The van der Waals surface area contributed by atoms with E-state index in [-0.39, 0.29) is 52.2 Å². The van der Waals surface area contributed by atoms with E-state index < -0.39 is 47.5 Å². The zero-order valence-corrected chi connectivity index (χ0v) is 16.8. The minimum atomic E-state index is -0.995. The van der Waals surface area contributed by atoms with Crippen LogP contribution in [-0.4, -0.2) is 99.1 Å². The molecule has 0 bridgehead atoms. The van der Waals surface area contributed by atoms with Gasteiger partial charge in [0.25, 0.3) is 0 Å². The molecule has 2 atom stereocenters. The van der Waals surface area contributed by atoms with Crippen LogP contribution in [0.4, 0.5) is 9.59 Å². The highest BCUT2D eigenvalue weighted by atomic mass is 16.6. The molecule has 0 aliphatic carbocycles. The zero-order valence-electron chi connectivity index (χ0n) is 16.8. The van der Waals surface area contributed by atoms with E-state index in [1.165, 1.54) is 24.0 Å². The van der Waals surface area contributed by atoms with E-state index in [9.17, 15) is 28.8 Å². The molecule has 12 heteroatoms. The predicted molar refractivity (Wildman–Crippen MR) is 96.1 cm³/mol. The maximum atomic E-state index is 12.1. The molecule has 2 aliphatic rings. The molecular weight excluding hydrogens is 404 g/mol. The molecule has 0 aromatic carbocycles. The number of ether oxygens (including phenoxy) is 4. The van der Waals surface area contributed by atoms with E-state index in [0.717, 1.165) is 0 Å². The van der Waals surface area contributed by atoms with Gasteiger partial charge in [-0.2, -0.15) is 0 Å². The Morgan fingerprint density at radius 1 is 0.767 bits per heavy atom. The summed E-state index contributed by atoms with van der Waals surface area (Å²) in [6.07, 6.45) is -1.07. The first-order chi connectivity index (χ1) is 14.3. The number of amides is 2. The van der Waals surface area contributed by atoms with Crippen molar-refractivity contribution in [2.45, 2.75) is 12.8 Å². The molecule has 0 spiro atoms. The Bertz CT molecular complexity index is 662. The maximum absolute atomic E-state index is 12.1. The Hall–Kier alpha value is -3.18. The lowest BCUT2D eigenvalue weighted by molar-refractivity contribution is -0.162. The number of hydrogen-bond donors (Lipinski definition) is 0. The Labute approximate surface area is 172 Å². The zero-order chi connectivity index (χ0) is 22.3. The molecule has 2 heterocycles. The van der Waals surface area contributed by atoms with Gasteiger partial charge >= 0.3 is 24.1 Å². The Morgan fingerprint density at radius 2 is 1.13 bits per heavy atom. The van der Waals surface area contributed by atoms with Crippen LogP contribution in [0.3, 0.4) is 0 Å². The summed E-state index contributed by atoms with van der Waals surface area (Å²) in [6, 6.07) is 0. The Balaban J connectivity index is 1.70. The number of rotatable bonds is 5. The van der Waals surface area contributed by atoms with E-state index >= 15 is 0 Å². The molecule has 30 heavy (non-hydrogen) atoms. The van der Waals surface area contributed by atoms with Crippen LogP contribution in [0.5, 0.6) is 0 Å². The number of carbonyl (C=O) groups excluding carboxylic acids is 6. The summed E-state index contributed by atoms with van der Waals surface area (Å²) in [4.78, 5) is 73.4. The molecule has 166 valence electrons. The van der Waals surface area contributed by atoms with Gasteiger partial charge in [-0.3, -0.25) is 19.2 Å². The highest BCUT2D eigenvalue weighted by Gasteiger charge is 2.37. The number of methoxy groups -OCH3 is 2. The summed E-state index contributed by atoms with van der Waals surface area (Å²) in [5.74, 6) is -4.43. The lowest BCUT2D eigenvalue weighted by Gasteiger charge is -2.29. The van der Waals surface area contributed by atoms with Gasteiger partial charge in [-0.15, -0.1) is 0 Å². The van der Waals surface area contributed by atoms with Crippen LogP contribution in [0.15, 0.2) is 0 Å². The number of nitrogens with zero attached hydrogens (tertiary/aromatic N) is 2. The van der Waals surface area contributed by atoms with Gasteiger partial charge in [-0.05, 0) is 12.8 Å². The van der Waals surface area contributed by atoms with E-state index in [0.29, 0.717) is 0 Å². The molecular formula is C18H24N2O10. The quantitative estimate of drug-likeness (QED) is 0.240. The van der Waals surface area contributed by atoms with Crippen molar-refractivity contribution in [1.29, 1.82) is 0 Å². The van der Waals surface area contributed by atoms with Gasteiger partial charge in [0.2, 0.25) is 0 Å². The average Bonchev–Trinajstić information content (AvgIpc) is 2.74. The van der Waals surface area contributed by atoms with Gasteiger partial charge in [0.1, 0.15) is 25.0 Å². The number of esters is 2. The van der Waals surface area contributed by atoms with Gasteiger partial charge < -0.3 is 28.7 Å². The molecule has 0 radical (unpaired) electrons. The van der Waals surface area contributed by atoms with Crippen molar-refractivity contribution in [2.24, 2.45) is 11.8 Å². The fourth-order valence-electron chi connectivity index (χ4n) is 3.20. The second-order valence-electron chi connectivity index (χ2n) is 6.73. The monoisotopic (exact) mass is 428 g/mol. The summed E-state index contributed by atoms with van der Waals surface area (Å²) in [7, 11) is 2.40. The second-order valence-corrected chi connectivity index (χ2v) is 6.73. The topological polar surface area (TPSA) is 146 Å². The van der Waals surface area contributed by atoms with Crippen LogP contribution >= 0.6 is 0 Å². The first kappa shape index (κ1) is 23.1. The van der Waals surface area contributed by atoms with Crippen LogP contribution < -0.4 is 0 Å². The highest BCUT2D eigenvalue weighted by Crippen LogP contribution is 2.18. The number of piperidine rings is 2. The SMILES string of the molecule is COC(=O)N1CCC(C(=O)OCCOC(=O)C2CCN(C(=O)OC)CC2=O)C(=O)C1.